The third kappa shape index (κ3) is 3.00. The Labute approximate surface area is 128 Å². The molecule has 2 atom stereocenters. The standard InChI is InChI=1S/C15H20N4OS/c1-9-7-11-14(17-8-18-15(11)21-9)19-12-6-4-2-3-5-10(12)13(16)20/h7-8,10,12H,2-6H2,1H3,(H2,16,20)(H,17,18,19). The normalized spacial score (nSPS) is 22.9. The van der Waals surface area contributed by atoms with Crippen molar-refractivity contribution in [3.63, 3.8) is 0 Å². The van der Waals surface area contributed by atoms with Crippen LogP contribution in [-0.4, -0.2) is 21.9 Å². The van der Waals surface area contributed by atoms with Crippen molar-refractivity contribution >= 4 is 33.3 Å². The maximum atomic E-state index is 11.7. The molecule has 0 radical (unpaired) electrons. The lowest BCUT2D eigenvalue weighted by Gasteiger charge is -2.24. The summed E-state index contributed by atoms with van der Waals surface area (Å²) < 4.78 is 0. The van der Waals surface area contributed by atoms with Crippen molar-refractivity contribution in [1.29, 1.82) is 0 Å². The predicted octanol–water partition coefficient (Wildman–Crippen LogP) is 2.85. The molecule has 0 spiro atoms. The quantitative estimate of drug-likeness (QED) is 0.854. The average molecular weight is 304 g/mol. The molecule has 2 unspecified atom stereocenters. The number of nitrogens with one attached hydrogen (secondary N) is 1. The van der Waals surface area contributed by atoms with Gasteiger partial charge in [-0.15, -0.1) is 11.3 Å². The average Bonchev–Trinajstić information content (AvgIpc) is 2.68. The molecule has 2 aromatic rings. The van der Waals surface area contributed by atoms with E-state index in [0.29, 0.717) is 0 Å². The Bertz CT molecular complexity index is 654. The maximum absolute atomic E-state index is 11.7. The molecular formula is C15H20N4OS. The van der Waals surface area contributed by atoms with E-state index in [-0.39, 0.29) is 17.9 Å². The Kier molecular flexibility index (Phi) is 4.05. The number of primary amides is 1. The fraction of sp³-hybridized carbons (Fsp3) is 0.533. The zero-order chi connectivity index (χ0) is 14.8. The molecule has 1 amide bonds. The van der Waals surface area contributed by atoms with Crippen LogP contribution in [0.4, 0.5) is 5.82 Å². The van der Waals surface area contributed by atoms with Gasteiger partial charge in [0, 0.05) is 10.9 Å². The highest BCUT2D eigenvalue weighted by molar-refractivity contribution is 7.18. The van der Waals surface area contributed by atoms with E-state index in [2.05, 4.69) is 28.3 Å². The number of carbonyl (C=O) groups excluding carboxylic acids is 1. The highest BCUT2D eigenvalue weighted by Crippen LogP contribution is 2.31. The topological polar surface area (TPSA) is 80.9 Å². The van der Waals surface area contributed by atoms with Gasteiger partial charge in [-0.2, -0.15) is 0 Å². The number of amides is 1. The van der Waals surface area contributed by atoms with Crippen LogP contribution in [0.1, 0.15) is 37.0 Å². The van der Waals surface area contributed by atoms with Crippen LogP contribution >= 0.6 is 11.3 Å². The lowest BCUT2D eigenvalue weighted by atomic mass is 9.94. The molecule has 1 aliphatic carbocycles. The summed E-state index contributed by atoms with van der Waals surface area (Å²) in [4.78, 5) is 22.6. The molecule has 0 aliphatic heterocycles. The van der Waals surface area contributed by atoms with Crippen molar-refractivity contribution in [3.05, 3.63) is 17.3 Å². The second kappa shape index (κ2) is 5.97. The van der Waals surface area contributed by atoms with Gasteiger partial charge in [-0.1, -0.05) is 19.3 Å². The van der Waals surface area contributed by atoms with Crippen molar-refractivity contribution in [1.82, 2.24) is 9.97 Å². The number of rotatable bonds is 3. The molecule has 0 saturated heterocycles. The van der Waals surface area contributed by atoms with Crippen molar-refractivity contribution in [2.24, 2.45) is 11.7 Å². The minimum absolute atomic E-state index is 0.0725. The van der Waals surface area contributed by atoms with E-state index >= 15 is 0 Å². The van der Waals surface area contributed by atoms with Crippen LogP contribution in [0, 0.1) is 12.8 Å². The van der Waals surface area contributed by atoms with Crippen LogP contribution in [0.5, 0.6) is 0 Å². The highest BCUT2D eigenvalue weighted by Gasteiger charge is 2.28. The van der Waals surface area contributed by atoms with Gasteiger partial charge in [0.2, 0.25) is 5.91 Å². The van der Waals surface area contributed by atoms with E-state index in [1.165, 1.54) is 11.3 Å². The van der Waals surface area contributed by atoms with Gasteiger partial charge >= 0.3 is 0 Å². The number of aromatic nitrogens is 2. The number of aryl methyl sites for hydroxylation is 1. The minimum atomic E-state index is -0.207. The molecule has 0 aromatic carbocycles. The van der Waals surface area contributed by atoms with Crippen molar-refractivity contribution in [2.45, 2.75) is 45.1 Å². The molecule has 2 heterocycles. The molecule has 3 rings (SSSR count). The second-order valence-electron chi connectivity index (χ2n) is 5.70. The largest absolute Gasteiger partial charge is 0.369 e. The third-order valence-electron chi connectivity index (χ3n) is 4.16. The van der Waals surface area contributed by atoms with Crippen LogP contribution in [0.15, 0.2) is 12.4 Å². The molecule has 1 aliphatic rings. The van der Waals surface area contributed by atoms with Crippen LogP contribution in [0.2, 0.25) is 0 Å². The molecular weight excluding hydrogens is 284 g/mol. The molecule has 6 heteroatoms. The van der Waals surface area contributed by atoms with Gasteiger partial charge in [0.05, 0.1) is 11.3 Å². The summed E-state index contributed by atoms with van der Waals surface area (Å²) in [5.41, 5.74) is 5.59. The molecule has 21 heavy (non-hydrogen) atoms. The van der Waals surface area contributed by atoms with Gasteiger partial charge < -0.3 is 11.1 Å². The first-order valence-electron chi connectivity index (χ1n) is 7.42. The molecule has 3 N–H and O–H groups in total. The zero-order valence-electron chi connectivity index (χ0n) is 12.1. The molecule has 1 fully saturated rings. The number of nitrogens with two attached hydrogens (primary N) is 1. The van der Waals surface area contributed by atoms with Gasteiger partial charge in [-0.25, -0.2) is 9.97 Å². The first-order chi connectivity index (χ1) is 10.1. The van der Waals surface area contributed by atoms with Crippen LogP contribution < -0.4 is 11.1 Å². The first kappa shape index (κ1) is 14.3. The molecule has 1 saturated carbocycles. The fourth-order valence-corrected chi connectivity index (χ4v) is 3.93. The third-order valence-corrected chi connectivity index (χ3v) is 5.11. The highest BCUT2D eigenvalue weighted by atomic mass is 32.1. The summed E-state index contributed by atoms with van der Waals surface area (Å²) in [6.07, 6.45) is 6.77. The second-order valence-corrected chi connectivity index (χ2v) is 6.93. The summed E-state index contributed by atoms with van der Waals surface area (Å²) in [7, 11) is 0. The number of hydrogen-bond donors (Lipinski definition) is 2. The first-order valence-corrected chi connectivity index (χ1v) is 8.24. The van der Waals surface area contributed by atoms with E-state index in [0.717, 1.165) is 41.7 Å². The zero-order valence-corrected chi connectivity index (χ0v) is 12.9. The fourth-order valence-electron chi connectivity index (χ4n) is 3.09. The number of fused-ring (bicyclic) bond motifs is 1. The van der Waals surface area contributed by atoms with E-state index in [1.54, 1.807) is 17.7 Å². The monoisotopic (exact) mass is 304 g/mol. The lowest BCUT2D eigenvalue weighted by molar-refractivity contribution is -0.122. The minimum Gasteiger partial charge on any atom is -0.369 e. The number of nitrogens with zero attached hydrogens (tertiary/aromatic N) is 2. The van der Waals surface area contributed by atoms with Crippen LogP contribution in [-0.2, 0) is 4.79 Å². The van der Waals surface area contributed by atoms with Crippen LogP contribution in [0.25, 0.3) is 10.2 Å². The number of carbonyl (C=O) groups is 1. The molecule has 112 valence electrons. The SMILES string of the molecule is Cc1cc2c(NC3CCCCCC3C(N)=O)ncnc2s1. The molecule has 0 bridgehead atoms. The van der Waals surface area contributed by atoms with E-state index in [4.69, 9.17) is 5.73 Å². The summed E-state index contributed by atoms with van der Waals surface area (Å²) in [5, 5.41) is 4.50. The van der Waals surface area contributed by atoms with Crippen LogP contribution in [0.3, 0.4) is 0 Å². The van der Waals surface area contributed by atoms with Crippen molar-refractivity contribution in [2.75, 3.05) is 5.32 Å². The van der Waals surface area contributed by atoms with Crippen molar-refractivity contribution < 1.29 is 4.79 Å². The van der Waals surface area contributed by atoms with Gasteiger partial charge in [0.1, 0.15) is 17.0 Å². The van der Waals surface area contributed by atoms with Gasteiger partial charge in [0.15, 0.2) is 0 Å². The predicted molar refractivity (Wildman–Crippen MR) is 85.3 cm³/mol. The number of anilines is 1. The summed E-state index contributed by atoms with van der Waals surface area (Å²) in [6.45, 7) is 2.06. The summed E-state index contributed by atoms with van der Waals surface area (Å²) >= 11 is 1.66. The molecule has 2 aromatic heterocycles. The van der Waals surface area contributed by atoms with Gasteiger partial charge in [0.25, 0.3) is 0 Å². The number of hydrogen-bond acceptors (Lipinski definition) is 5. The Morgan fingerprint density at radius 2 is 2.14 bits per heavy atom. The van der Waals surface area contributed by atoms with Gasteiger partial charge in [-0.3, -0.25) is 4.79 Å². The summed E-state index contributed by atoms with van der Waals surface area (Å²) in [5.74, 6) is 0.501. The Hall–Kier alpha value is -1.69. The van der Waals surface area contributed by atoms with Gasteiger partial charge in [-0.05, 0) is 25.8 Å². The Balaban J connectivity index is 1.90. The van der Waals surface area contributed by atoms with E-state index in [1.807, 2.05) is 0 Å². The van der Waals surface area contributed by atoms with E-state index in [9.17, 15) is 4.79 Å². The van der Waals surface area contributed by atoms with Crippen molar-refractivity contribution in [3.8, 4) is 0 Å². The lowest BCUT2D eigenvalue weighted by Crippen LogP contribution is -2.37. The number of thiophene rings is 1. The maximum Gasteiger partial charge on any atom is 0.222 e. The summed E-state index contributed by atoms with van der Waals surface area (Å²) in [6, 6.07) is 2.17. The smallest absolute Gasteiger partial charge is 0.222 e. The van der Waals surface area contributed by atoms with E-state index < -0.39 is 0 Å². The molecule has 5 nitrogen and oxygen atoms in total. The Morgan fingerprint density at radius 1 is 1.33 bits per heavy atom. The Morgan fingerprint density at radius 3 is 2.95 bits per heavy atom.